The number of aryl methyl sites for hydroxylation is 2. The molecule has 0 radical (unpaired) electrons. The Morgan fingerprint density at radius 2 is 1.83 bits per heavy atom. The van der Waals surface area contributed by atoms with Crippen LogP contribution in [-0.4, -0.2) is 12.6 Å². The zero-order valence-corrected chi connectivity index (χ0v) is 13.0. The number of nitrogens with two attached hydrogens (primary N) is 1. The number of nitrogens with one attached hydrogen (secondary N) is 1. The van der Waals surface area contributed by atoms with Crippen LogP contribution in [-0.2, 0) is 6.54 Å². The van der Waals surface area contributed by atoms with Crippen molar-refractivity contribution in [3.63, 3.8) is 0 Å². The molecule has 0 aliphatic heterocycles. The van der Waals surface area contributed by atoms with Crippen molar-refractivity contribution in [1.82, 2.24) is 0 Å². The number of guanidine groups is 1. The van der Waals surface area contributed by atoms with Gasteiger partial charge in [0.05, 0.1) is 6.54 Å². The molecule has 0 fully saturated rings. The first-order valence-corrected chi connectivity index (χ1v) is 7.12. The van der Waals surface area contributed by atoms with Crippen LogP contribution in [0.25, 0.3) is 0 Å². The summed E-state index contributed by atoms with van der Waals surface area (Å²) >= 11 is 0. The predicted octanol–water partition coefficient (Wildman–Crippen LogP) is 3.83. The number of ether oxygens (including phenoxy) is 1. The number of rotatable bonds is 5. The fourth-order valence-corrected chi connectivity index (χ4v) is 2.25. The normalized spacial score (nSPS) is 11.6. The molecule has 0 atom stereocenters. The second-order valence-corrected chi connectivity index (χ2v) is 5.19. The van der Waals surface area contributed by atoms with Gasteiger partial charge in [-0.1, -0.05) is 24.3 Å². The monoisotopic (exact) mass is 319 g/mol. The molecule has 23 heavy (non-hydrogen) atoms. The summed E-state index contributed by atoms with van der Waals surface area (Å²) in [6, 6.07) is 12.5. The van der Waals surface area contributed by atoms with E-state index in [-0.39, 0.29) is 18.3 Å². The quantitative estimate of drug-likeness (QED) is 0.650. The van der Waals surface area contributed by atoms with E-state index in [0.29, 0.717) is 5.56 Å². The third-order valence-electron chi connectivity index (χ3n) is 3.10. The molecular formula is C17H19F2N3O. The molecule has 2 aromatic rings. The fourth-order valence-electron chi connectivity index (χ4n) is 2.25. The summed E-state index contributed by atoms with van der Waals surface area (Å²) in [4.78, 5) is 4.18. The largest absolute Gasteiger partial charge is 0.434 e. The lowest BCUT2D eigenvalue weighted by molar-refractivity contribution is -0.0504. The first kappa shape index (κ1) is 16.7. The molecule has 0 aliphatic rings. The van der Waals surface area contributed by atoms with Crippen molar-refractivity contribution in [1.29, 1.82) is 0 Å². The number of aliphatic imine (C=N–C) groups is 1. The smallest absolute Gasteiger partial charge is 0.387 e. The van der Waals surface area contributed by atoms with Crippen molar-refractivity contribution in [2.75, 3.05) is 5.32 Å². The minimum absolute atomic E-state index is 0.102. The number of nitrogens with zero attached hydrogens (tertiary/aromatic N) is 1. The Morgan fingerprint density at radius 3 is 2.48 bits per heavy atom. The van der Waals surface area contributed by atoms with E-state index in [0.717, 1.165) is 16.8 Å². The minimum atomic E-state index is -2.87. The summed E-state index contributed by atoms with van der Waals surface area (Å²) in [6.45, 7) is 1.25. The number of alkyl halides is 2. The van der Waals surface area contributed by atoms with Gasteiger partial charge in [0, 0.05) is 11.3 Å². The molecule has 6 heteroatoms. The molecule has 2 rings (SSSR count). The maximum atomic E-state index is 12.4. The van der Waals surface area contributed by atoms with E-state index in [1.807, 2.05) is 26.0 Å². The van der Waals surface area contributed by atoms with E-state index in [2.05, 4.69) is 21.1 Å². The standard InChI is InChI=1S/C17H19F2N3O/c1-11-7-12(2)9-14(8-11)22-17(20)21-10-13-5-3-4-6-15(13)23-16(18)19/h3-9,16H,10H2,1-2H3,(H3,20,21,22). The number of hydrogen-bond acceptors (Lipinski definition) is 2. The number of para-hydroxylation sites is 1. The lowest BCUT2D eigenvalue weighted by atomic mass is 10.1. The van der Waals surface area contributed by atoms with Crippen LogP contribution in [0.15, 0.2) is 47.5 Å². The van der Waals surface area contributed by atoms with E-state index >= 15 is 0 Å². The fraction of sp³-hybridized carbons (Fsp3) is 0.235. The summed E-state index contributed by atoms with van der Waals surface area (Å²) in [7, 11) is 0. The van der Waals surface area contributed by atoms with Crippen LogP contribution < -0.4 is 15.8 Å². The Labute approximate surface area is 134 Å². The predicted molar refractivity (Wildman–Crippen MR) is 87.9 cm³/mol. The van der Waals surface area contributed by atoms with Crippen LogP contribution in [0.3, 0.4) is 0 Å². The van der Waals surface area contributed by atoms with Crippen molar-refractivity contribution < 1.29 is 13.5 Å². The topological polar surface area (TPSA) is 59.6 Å². The van der Waals surface area contributed by atoms with E-state index < -0.39 is 6.61 Å². The minimum Gasteiger partial charge on any atom is -0.434 e. The van der Waals surface area contributed by atoms with Crippen molar-refractivity contribution in [3.8, 4) is 5.75 Å². The number of hydrogen-bond donors (Lipinski definition) is 2. The summed E-state index contributed by atoms with van der Waals surface area (Å²) in [5.74, 6) is 0.312. The van der Waals surface area contributed by atoms with Crippen LogP contribution in [0.1, 0.15) is 16.7 Å². The summed E-state index contributed by atoms with van der Waals surface area (Å²) in [5.41, 5.74) is 9.44. The van der Waals surface area contributed by atoms with Crippen LogP contribution in [0.4, 0.5) is 14.5 Å². The number of anilines is 1. The highest BCUT2D eigenvalue weighted by atomic mass is 19.3. The van der Waals surface area contributed by atoms with Gasteiger partial charge in [-0.3, -0.25) is 0 Å². The third-order valence-corrected chi connectivity index (χ3v) is 3.10. The molecule has 0 aliphatic carbocycles. The Bertz CT molecular complexity index is 682. The number of halogens is 2. The van der Waals surface area contributed by atoms with Gasteiger partial charge in [-0.25, -0.2) is 4.99 Å². The molecule has 0 saturated carbocycles. The first-order chi connectivity index (χ1) is 10.9. The van der Waals surface area contributed by atoms with Crippen molar-refractivity contribution in [2.45, 2.75) is 27.0 Å². The third kappa shape index (κ3) is 5.25. The highest BCUT2D eigenvalue weighted by Crippen LogP contribution is 2.21. The SMILES string of the molecule is Cc1cc(C)cc(NC(N)=NCc2ccccc2OC(F)F)c1. The molecule has 0 amide bonds. The Morgan fingerprint density at radius 1 is 1.17 bits per heavy atom. The maximum absolute atomic E-state index is 12.4. The van der Waals surface area contributed by atoms with Gasteiger partial charge in [-0.15, -0.1) is 0 Å². The lowest BCUT2D eigenvalue weighted by Crippen LogP contribution is -2.22. The molecule has 4 nitrogen and oxygen atoms in total. The van der Waals surface area contributed by atoms with Gasteiger partial charge in [0.1, 0.15) is 5.75 Å². The highest BCUT2D eigenvalue weighted by molar-refractivity contribution is 5.92. The van der Waals surface area contributed by atoms with Gasteiger partial charge in [0.15, 0.2) is 5.96 Å². The number of benzene rings is 2. The van der Waals surface area contributed by atoms with E-state index in [1.54, 1.807) is 18.2 Å². The molecule has 0 heterocycles. The highest BCUT2D eigenvalue weighted by Gasteiger charge is 2.08. The van der Waals surface area contributed by atoms with Crippen LogP contribution >= 0.6 is 0 Å². The summed E-state index contributed by atoms with van der Waals surface area (Å²) < 4.78 is 29.2. The molecule has 0 spiro atoms. The van der Waals surface area contributed by atoms with E-state index in [9.17, 15) is 8.78 Å². The van der Waals surface area contributed by atoms with E-state index in [1.165, 1.54) is 6.07 Å². The molecule has 0 aromatic heterocycles. The van der Waals surface area contributed by atoms with Crippen molar-refractivity contribution in [3.05, 3.63) is 59.2 Å². The molecular weight excluding hydrogens is 300 g/mol. The van der Waals surface area contributed by atoms with Gasteiger partial charge in [-0.2, -0.15) is 8.78 Å². The molecule has 0 bridgehead atoms. The van der Waals surface area contributed by atoms with E-state index in [4.69, 9.17) is 5.73 Å². The van der Waals surface area contributed by atoms with Crippen LogP contribution in [0.5, 0.6) is 5.75 Å². The second kappa shape index (κ2) is 7.58. The maximum Gasteiger partial charge on any atom is 0.387 e. The van der Waals surface area contributed by atoms with Crippen molar-refractivity contribution >= 4 is 11.6 Å². The van der Waals surface area contributed by atoms with Crippen molar-refractivity contribution in [2.24, 2.45) is 10.7 Å². The van der Waals surface area contributed by atoms with Gasteiger partial charge >= 0.3 is 6.61 Å². The molecule has 0 unspecified atom stereocenters. The second-order valence-electron chi connectivity index (χ2n) is 5.19. The lowest BCUT2D eigenvalue weighted by Gasteiger charge is -2.10. The molecule has 3 N–H and O–H groups in total. The summed E-state index contributed by atoms with van der Waals surface area (Å²) in [6.07, 6.45) is 0. The first-order valence-electron chi connectivity index (χ1n) is 7.12. The molecule has 2 aromatic carbocycles. The average Bonchev–Trinajstić information content (AvgIpc) is 2.44. The zero-order valence-electron chi connectivity index (χ0n) is 13.0. The molecule has 122 valence electrons. The zero-order chi connectivity index (χ0) is 16.8. The van der Waals surface area contributed by atoms with Gasteiger partial charge in [-0.05, 0) is 43.2 Å². The van der Waals surface area contributed by atoms with Crippen LogP contribution in [0, 0.1) is 13.8 Å². The van der Waals surface area contributed by atoms with Gasteiger partial charge in [0.2, 0.25) is 0 Å². The Kier molecular flexibility index (Phi) is 5.51. The van der Waals surface area contributed by atoms with Crippen LogP contribution in [0.2, 0.25) is 0 Å². The van der Waals surface area contributed by atoms with Gasteiger partial charge < -0.3 is 15.8 Å². The van der Waals surface area contributed by atoms with Gasteiger partial charge in [0.25, 0.3) is 0 Å². The summed E-state index contributed by atoms with van der Waals surface area (Å²) in [5, 5.41) is 2.99. The Balaban J connectivity index is 2.07. The Hall–Kier alpha value is -2.63. The average molecular weight is 319 g/mol. The molecule has 0 saturated heterocycles.